The van der Waals surface area contributed by atoms with Crippen molar-refractivity contribution in [2.75, 3.05) is 4.90 Å². The molecule has 2 aliphatic rings. The molecule has 3 rings (SSSR count). The van der Waals surface area contributed by atoms with E-state index in [0.29, 0.717) is 18.6 Å². The first-order valence-corrected chi connectivity index (χ1v) is 7.59. The molecule has 20 heavy (non-hydrogen) atoms. The maximum Gasteiger partial charge on any atom is 0.271 e. The predicted molar refractivity (Wildman–Crippen MR) is 78.9 cm³/mol. The molecule has 5 nitrogen and oxygen atoms in total. The standard InChI is InChI=1S/C14H15BrN2O3/c15-13-5-4-11(17(19)20)8-14(13)16-9-2-1-3-10(16)7-12(18)6-9/h4-5,8-10H,1-3,6-7H2. The highest BCUT2D eigenvalue weighted by Crippen LogP contribution is 2.40. The van der Waals surface area contributed by atoms with E-state index in [9.17, 15) is 14.9 Å². The van der Waals surface area contributed by atoms with Crippen LogP contribution in [0.15, 0.2) is 22.7 Å². The number of fused-ring (bicyclic) bond motifs is 2. The average Bonchev–Trinajstić information content (AvgIpc) is 2.38. The zero-order valence-electron chi connectivity index (χ0n) is 10.9. The highest BCUT2D eigenvalue weighted by atomic mass is 79.9. The van der Waals surface area contributed by atoms with E-state index in [0.717, 1.165) is 29.4 Å². The van der Waals surface area contributed by atoms with Crippen LogP contribution in [0, 0.1) is 10.1 Å². The molecule has 0 aromatic heterocycles. The molecule has 2 saturated heterocycles. The van der Waals surface area contributed by atoms with E-state index in [2.05, 4.69) is 20.8 Å². The van der Waals surface area contributed by atoms with Gasteiger partial charge < -0.3 is 4.90 Å². The zero-order valence-corrected chi connectivity index (χ0v) is 12.5. The molecule has 2 atom stereocenters. The molecule has 6 heteroatoms. The van der Waals surface area contributed by atoms with Gasteiger partial charge in [-0.25, -0.2) is 0 Å². The Morgan fingerprint density at radius 2 is 1.90 bits per heavy atom. The lowest BCUT2D eigenvalue weighted by Gasteiger charge is -2.47. The van der Waals surface area contributed by atoms with E-state index in [1.165, 1.54) is 6.07 Å². The zero-order chi connectivity index (χ0) is 14.3. The van der Waals surface area contributed by atoms with E-state index in [1.54, 1.807) is 12.1 Å². The van der Waals surface area contributed by atoms with Gasteiger partial charge in [0.25, 0.3) is 5.69 Å². The second kappa shape index (κ2) is 5.16. The minimum atomic E-state index is -0.374. The molecule has 2 heterocycles. The minimum absolute atomic E-state index is 0.0955. The maximum absolute atomic E-state index is 11.8. The highest BCUT2D eigenvalue weighted by Gasteiger charge is 2.38. The van der Waals surface area contributed by atoms with Gasteiger partial charge in [0.2, 0.25) is 0 Å². The summed E-state index contributed by atoms with van der Waals surface area (Å²) in [5, 5.41) is 11.0. The first kappa shape index (κ1) is 13.5. The number of carbonyl (C=O) groups excluding carboxylic acids is 1. The van der Waals surface area contributed by atoms with Crippen molar-refractivity contribution in [3.8, 4) is 0 Å². The molecule has 0 amide bonds. The van der Waals surface area contributed by atoms with Gasteiger partial charge in [0, 0.05) is 41.5 Å². The monoisotopic (exact) mass is 338 g/mol. The van der Waals surface area contributed by atoms with Crippen molar-refractivity contribution in [1.29, 1.82) is 0 Å². The lowest BCUT2D eigenvalue weighted by Crippen LogP contribution is -2.52. The van der Waals surface area contributed by atoms with Crippen LogP contribution in [-0.2, 0) is 4.79 Å². The Hall–Kier alpha value is -1.43. The van der Waals surface area contributed by atoms with Crippen LogP contribution in [0.1, 0.15) is 32.1 Å². The third-order valence-electron chi connectivity index (χ3n) is 4.21. The fourth-order valence-corrected chi connectivity index (χ4v) is 3.83. The predicted octanol–water partition coefficient (Wildman–Crippen LogP) is 3.45. The maximum atomic E-state index is 11.8. The lowest BCUT2D eigenvalue weighted by molar-refractivity contribution is -0.384. The number of Topliss-reactive ketones (excluding diaryl/α,β-unsaturated/α-hetero) is 1. The number of non-ortho nitro benzene ring substituents is 1. The number of hydrogen-bond donors (Lipinski definition) is 0. The smallest absolute Gasteiger partial charge is 0.271 e. The van der Waals surface area contributed by atoms with Gasteiger partial charge >= 0.3 is 0 Å². The van der Waals surface area contributed by atoms with Gasteiger partial charge in [-0.1, -0.05) is 0 Å². The summed E-state index contributed by atoms with van der Waals surface area (Å²) in [6.07, 6.45) is 4.22. The van der Waals surface area contributed by atoms with Crippen LogP contribution in [0.4, 0.5) is 11.4 Å². The number of anilines is 1. The Labute approximate surface area is 125 Å². The first-order chi connectivity index (χ1) is 9.56. The summed E-state index contributed by atoms with van der Waals surface area (Å²) >= 11 is 3.49. The van der Waals surface area contributed by atoms with Gasteiger partial charge in [0.15, 0.2) is 0 Å². The molecule has 2 unspecified atom stereocenters. The molecule has 1 aromatic rings. The number of ketones is 1. The van der Waals surface area contributed by atoms with Crippen molar-refractivity contribution in [3.63, 3.8) is 0 Å². The number of nitrogens with zero attached hydrogens (tertiary/aromatic N) is 2. The van der Waals surface area contributed by atoms with Crippen molar-refractivity contribution < 1.29 is 9.72 Å². The van der Waals surface area contributed by atoms with E-state index in [-0.39, 0.29) is 22.7 Å². The summed E-state index contributed by atoms with van der Waals surface area (Å²) in [6.45, 7) is 0. The van der Waals surface area contributed by atoms with E-state index < -0.39 is 0 Å². The number of hydrogen-bond acceptors (Lipinski definition) is 4. The van der Waals surface area contributed by atoms with E-state index in [4.69, 9.17) is 0 Å². The van der Waals surface area contributed by atoms with Crippen molar-refractivity contribution in [3.05, 3.63) is 32.8 Å². The van der Waals surface area contributed by atoms with Crippen LogP contribution < -0.4 is 4.90 Å². The second-order valence-corrected chi connectivity index (χ2v) is 6.34. The Balaban J connectivity index is 2.01. The quantitative estimate of drug-likeness (QED) is 0.612. The van der Waals surface area contributed by atoms with Crippen LogP contribution in [0.25, 0.3) is 0 Å². The summed E-state index contributed by atoms with van der Waals surface area (Å²) in [5.74, 6) is 0.317. The molecule has 0 saturated carbocycles. The average molecular weight is 339 g/mol. The van der Waals surface area contributed by atoms with Crippen LogP contribution >= 0.6 is 15.9 Å². The van der Waals surface area contributed by atoms with Gasteiger partial charge in [0.1, 0.15) is 5.78 Å². The molecule has 0 spiro atoms. The minimum Gasteiger partial charge on any atom is -0.364 e. The molecule has 1 aromatic carbocycles. The molecule has 2 aliphatic heterocycles. The van der Waals surface area contributed by atoms with Crippen molar-refractivity contribution in [1.82, 2.24) is 0 Å². The van der Waals surface area contributed by atoms with Crippen LogP contribution in [0.5, 0.6) is 0 Å². The summed E-state index contributed by atoms with van der Waals surface area (Å²) in [7, 11) is 0. The SMILES string of the molecule is O=C1CC2CCCC(C1)N2c1cc([N+](=O)[O-])ccc1Br. The topological polar surface area (TPSA) is 63.5 Å². The van der Waals surface area contributed by atoms with Gasteiger partial charge in [-0.3, -0.25) is 14.9 Å². The van der Waals surface area contributed by atoms with Gasteiger partial charge in [-0.2, -0.15) is 0 Å². The number of halogens is 1. The Morgan fingerprint density at radius 1 is 1.25 bits per heavy atom. The first-order valence-electron chi connectivity index (χ1n) is 6.80. The Kier molecular flexibility index (Phi) is 3.50. The molecule has 0 radical (unpaired) electrons. The second-order valence-electron chi connectivity index (χ2n) is 5.49. The number of piperidine rings is 2. The number of nitro benzene ring substituents is 1. The summed E-state index contributed by atoms with van der Waals surface area (Å²) in [4.78, 5) is 24.6. The van der Waals surface area contributed by atoms with Crippen molar-refractivity contribution >= 4 is 33.1 Å². The molecule has 0 N–H and O–H groups in total. The third-order valence-corrected chi connectivity index (χ3v) is 4.88. The number of nitro groups is 1. The van der Waals surface area contributed by atoms with Crippen LogP contribution in [0.2, 0.25) is 0 Å². The van der Waals surface area contributed by atoms with Gasteiger partial charge in [-0.15, -0.1) is 0 Å². The fraction of sp³-hybridized carbons (Fsp3) is 0.500. The molecule has 2 bridgehead atoms. The largest absolute Gasteiger partial charge is 0.364 e. The third kappa shape index (κ3) is 2.32. The molecular weight excluding hydrogens is 324 g/mol. The molecule has 0 aliphatic carbocycles. The van der Waals surface area contributed by atoms with E-state index >= 15 is 0 Å². The van der Waals surface area contributed by atoms with Crippen molar-refractivity contribution in [2.24, 2.45) is 0 Å². The summed E-state index contributed by atoms with van der Waals surface area (Å²) < 4.78 is 0.856. The fourth-order valence-electron chi connectivity index (χ4n) is 3.38. The van der Waals surface area contributed by atoms with E-state index in [1.807, 2.05) is 0 Å². The number of carbonyl (C=O) groups is 1. The Bertz CT molecular complexity index is 560. The van der Waals surface area contributed by atoms with Gasteiger partial charge in [-0.05, 0) is 41.3 Å². The van der Waals surface area contributed by atoms with Crippen LogP contribution in [0.3, 0.4) is 0 Å². The number of rotatable bonds is 2. The summed E-state index contributed by atoms with van der Waals surface area (Å²) in [5.41, 5.74) is 0.944. The summed E-state index contributed by atoms with van der Waals surface area (Å²) in [6, 6.07) is 5.21. The molecule has 2 fully saturated rings. The van der Waals surface area contributed by atoms with Gasteiger partial charge in [0.05, 0.1) is 10.6 Å². The van der Waals surface area contributed by atoms with Crippen molar-refractivity contribution in [2.45, 2.75) is 44.2 Å². The molecular formula is C14H15BrN2O3. The molecule has 106 valence electrons. The highest BCUT2D eigenvalue weighted by molar-refractivity contribution is 9.10. The number of benzene rings is 1. The normalized spacial score (nSPS) is 25.6. The lowest BCUT2D eigenvalue weighted by atomic mass is 9.83. The Morgan fingerprint density at radius 3 is 2.50 bits per heavy atom. The van der Waals surface area contributed by atoms with Crippen LogP contribution in [-0.4, -0.2) is 22.8 Å².